The van der Waals surface area contributed by atoms with Gasteiger partial charge in [-0.25, -0.2) is 0 Å². The van der Waals surface area contributed by atoms with Crippen LogP contribution < -0.4 is 14.8 Å². The van der Waals surface area contributed by atoms with Gasteiger partial charge in [-0.05, 0) is 37.0 Å². The van der Waals surface area contributed by atoms with Gasteiger partial charge in [0.25, 0.3) is 0 Å². The third kappa shape index (κ3) is 4.42. The molecule has 1 aliphatic heterocycles. The van der Waals surface area contributed by atoms with E-state index in [0.717, 1.165) is 12.8 Å². The number of carbonyl (C=O) groups excluding carboxylic acids is 3. The lowest BCUT2D eigenvalue weighted by Gasteiger charge is -2.41. The summed E-state index contributed by atoms with van der Waals surface area (Å²) < 4.78 is 11.6. The molecule has 4 atom stereocenters. The molecule has 2 aliphatic carbocycles. The summed E-state index contributed by atoms with van der Waals surface area (Å²) in [5.41, 5.74) is 1.25. The maximum Gasteiger partial charge on any atom is 0.247 e. The number of hydrogen-bond acceptors (Lipinski definition) is 7. The quantitative estimate of drug-likeness (QED) is 0.458. The SMILES string of the molecule is COc1cc(C=O)cc2c1OC1C2C(C(=O)NCCO)=CC(N(CC2CC2)C(=O)C(C)C)C1O. The van der Waals surface area contributed by atoms with Gasteiger partial charge in [0.1, 0.15) is 18.5 Å². The Morgan fingerprint density at radius 1 is 1.32 bits per heavy atom. The van der Waals surface area contributed by atoms with Crippen molar-refractivity contribution in [3.8, 4) is 11.5 Å². The van der Waals surface area contributed by atoms with E-state index in [1.54, 1.807) is 23.1 Å². The molecule has 2 amide bonds. The standard InChI is InChI=1S/C25H32N2O7/c1-13(2)25(32)27(11-14-4-5-14)18-10-17(24(31)26-6-7-28)20-16-8-15(12-29)9-19(33-3)22(16)34-23(20)21(18)30/h8-10,12-14,18,20-21,23,28,30H,4-7,11H2,1-3H3,(H,26,31). The number of carbonyl (C=O) groups is 3. The molecular weight excluding hydrogens is 440 g/mol. The monoisotopic (exact) mass is 472 g/mol. The molecule has 0 bridgehead atoms. The Balaban J connectivity index is 1.81. The van der Waals surface area contributed by atoms with E-state index in [1.165, 1.54) is 7.11 Å². The molecule has 9 nitrogen and oxygen atoms in total. The molecule has 1 fully saturated rings. The van der Waals surface area contributed by atoms with Crippen molar-refractivity contribution in [1.82, 2.24) is 10.2 Å². The number of aliphatic hydroxyl groups is 2. The van der Waals surface area contributed by atoms with Gasteiger partial charge in [-0.1, -0.05) is 13.8 Å². The Labute approximate surface area is 198 Å². The second-order valence-electron chi connectivity index (χ2n) is 9.49. The van der Waals surface area contributed by atoms with E-state index in [2.05, 4.69) is 5.32 Å². The number of hydrogen-bond donors (Lipinski definition) is 3. The topological polar surface area (TPSA) is 125 Å². The predicted octanol–water partition coefficient (Wildman–Crippen LogP) is 1.02. The van der Waals surface area contributed by atoms with Crippen molar-refractivity contribution in [2.45, 2.75) is 50.9 Å². The van der Waals surface area contributed by atoms with Gasteiger partial charge < -0.3 is 29.9 Å². The van der Waals surface area contributed by atoms with E-state index in [4.69, 9.17) is 9.47 Å². The van der Waals surface area contributed by atoms with Crippen LogP contribution in [-0.2, 0) is 9.59 Å². The highest BCUT2D eigenvalue weighted by atomic mass is 16.5. The predicted molar refractivity (Wildman–Crippen MR) is 123 cm³/mol. The Kier molecular flexibility index (Phi) is 6.95. The third-order valence-electron chi connectivity index (χ3n) is 6.70. The molecule has 0 spiro atoms. The van der Waals surface area contributed by atoms with E-state index >= 15 is 0 Å². The summed E-state index contributed by atoms with van der Waals surface area (Å²) in [6.45, 7) is 3.96. The fraction of sp³-hybridized carbons (Fsp3) is 0.560. The number of fused-ring (bicyclic) bond motifs is 3. The number of aldehydes is 1. The fourth-order valence-corrected chi connectivity index (χ4v) is 4.83. The van der Waals surface area contributed by atoms with Gasteiger partial charge in [0, 0.05) is 35.7 Å². The Bertz CT molecular complexity index is 1000. The molecule has 1 heterocycles. The molecule has 4 unspecified atom stereocenters. The molecule has 0 saturated heterocycles. The van der Waals surface area contributed by atoms with Crippen LogP contribution in [0.4, 0.5) is 0 Å². The third-order valence-corrected chi connectivity index (χ3v) is 6.70. The second-order valence-corrected chi connectivity index (χ2v) is 9.49. The first-order valence-electron chi connectivity index (χ1n) is 11.7. The van der Waals surface area contributed by atoms with Crippen molar-refractivity contribution in [2.75, 3.05) is 26.8 Å². The van der Waals surface area contributed by atoms with Crippen LogP contribution in [-0.4, -0.2) is 78.3 Å². The first kappa shape index (κ1) is 24.2. The molecule has 9 heteroatoms. The van der Waals surface area contributed by atoms with Gasteiger partial charge in [0.15, 0.2) is 11.5 Å². The van der Waals surface area contributed by atoms with Crippen molar-refractivity contribution < 1.29 is 34.1 Å². The number of rotatable bonds is 9. The molecule has 1 saturated carbocycles. The molecule has 1 aromatic rings. The largest absolute Gasteiger partial charge is 0.493 e. The zero-order chi connectivity index (χ0) is 24.6. The minimum Gasteiger partial charge on any atom is -0.493 e. The molecule has 1 aromatic carbocycles. The second kappa shape index (κ2) is 9.76. The average Bonchev–Trinajstić information content (AvgIpc) is 3.57. The molecule has 184 valence electrons. The van der Waals surface area contributed by atoms with E-state index in [9.17, 15) is 24.6 Å². The fourth-order valence-electron chi connectivity index (χ4n) is 4.83. The molecular formula is C25H32N2O7. The van der Waals surface area contributed by atoms with Crippen LogP contribution in [0.15, 0.2) is 23.8 Å². The van der Waals surface area contributed by atoms with Crippen molar-refractivity contribution in [2.24, 2.45) is 11.8 Å². The van der Waals surface area contributed by atoms with Crippen LogP contribution in [0.2, 0.25) is 0 Å². The van der Waals surface area contributed by atoms with Crippen molar-refractivity contribution >= 4 is 18.1 Å². The maximum atomic E-state index is 13.2. The van der Waals surface area contributed by atoms with Crippen LogP contribution in [0.3, 0.4) is 0 Å². The Morgan fingerprint density at radius 2 is 2.06 bits per heavy atom. The van der Waals surface area contributed by atoms with Crippen LogP contribution in [0.1, 0.15) is 48.5 Å². The normalized spacial score (nSPS) is 25.1. The number of benzene rings is 1. The molecule has 3 aliphatic rings. The summed E-state index contributed by atoms with van der Waals surface area (Å²) in [5.74, 6) is -0.377. The maximum absolute atomic E-state index is 13.2. The summed E-state index contributed by atoms with van der Waals surface area (Å²) in [5, 5.41) is 23.4. The lowest BCUT2D eigenvalue weighted by Crippen LogP contribution is -2.56. The zero-order valence-electron chi connectivity index (χ0n) is 19.7. The van der Waals surface area contributed by atoms with Gasteiger partial charge in [-0.3, -0.25) is 14.4 Å². The number of methoxy groups -OCH3 is 1. The van der Waals surface area contributed by atoms with Gasteiger partial charge in [-0.15, -0.1) is 0 Å². The summed E-state index contributed by atoms with van der Waals surface area (Å²) in [6, 6.07) is 2.43. The molecule has 0 radical (unpaired) electrons. The Morgan fingerprint density at radius 3 is 2.65 bits per heavy atom. The van der Waals surface area contributed by atoms with E-state index < -0.39 is 30.1 Å². The zero-order valence-corrected chi connectivity index (χ0v) is 19.7. The van der Waals surface area contributed by atoms with Crippen LogP contribution in [0, 0.1) is 11.8 Å². The molecule has 34 heavy (non-hydrogen) atoms. The van der Waals surface area contributed by atoms with Crippen molar-refractivity contribution in [3.05, 3.63) is 34.9 Å². The number of ether oxygens (including phenoxy) is 2. The number of amides is 2. The summed E-state index contributed by atoms with van der Waals surface area (Å²) in [6.07, 6.45) is 2.44. The van der Waals surface area contributed by atoms with Crippen LogP contribution in [0.5, 0.6) is 11.5 Å². The molecule has 0 aromatic heterocycles. The highest BCUT2D eigenvalue weighted by molar-refractivity contribution is 5.96. The van der Waals surface area contributed by atoms with E-state index in [1.807, 2.05) is 13.8 Å². The minimum atomic E-state index is -1.10. The van der Waals surface area contributed by atoms with Gasteiger partial charge in [-0.2, -0.15) is 0 Å². The summed E-state index contributed by atoms with van der Waals surface area (Å²) in [7, 11) is 1.46. The van der Waals surface area contributed by atoms with Crippen molar-refractivity contribution in [3.63, 3.8) is 0 Å². The minimum absolute atomic E-state index is 0.0584. The highest BCUT2D eigenvalue weighted by Gasteiger charge is 2.52. The Hall–Kier alpha value is -2.91. The highest BCUT2D eigenvalue weighted by Crippen LogP contribution is 2.51. The summed E-state index contributed by atoms with van der Waals surface area (Å²) in [4.78, 5) is 39.5. The molecule has 3 N–H and O–H groups in total. The van der Waals surface area contributed by atoms with Crippen LogP contribution in [0.25, 0.3) is 0 Å². The molecule has 4 rings (SSSR count). The van der Waals surface area contributed by atoms with Gasteiger partial charge >= 0.3 is 0 Å². The van der Waals surface area contributed by atoms with Crippen LogP contribution >= 0.6 is 0 Å². The number of aliphatic hydroxyl groups excluding tert-OH is 2. The number of nitrogens with one attached hydrogen (secondary N) is 1. The van der Waals surface area contributed by atoms with Crippen molar-refractivity contribution in [1.29, 1.82) is 0 Å². The first-order chi connectivity index (χ1) is 16.3. The lowest BCUT2D eigenvalue weighted by molar-refractivity contribution is -0.140. The average molecular weight is 473 g/mol. The smallest absolute Gasteiger partial charge is 0.247 e. The number of nitrogens with zero attached hydrogens (tertiary/aromatic N) is 1. The first-order valence-corrected chi connectivity index (χ1v) is 11.7. The summed E-state index contributed by atoms with van der Waals surface area (Å²) >= 11 is 0. The lowest BCUT2D eigenvalue weighted by atomic mass is 9.77. The van der Waals surface area contributed by atoms with E-state index in [0.29, 0.717) is 46.9 Å². The van der Waals surface area contributed by atoms with E-state index in [-0.39, 0.29) is 25.0 Å². The van der Waals surface area contributed by atoms with Gasteiger partial charge in [0.05, 0.1) is 25.7 Å². The van der Waals surface area contributed by atoms with Gasteiger partial charge in [0.2, 0.25) is 11.8 Å².